The average Bonchev–Trinajstić information content (AvgIpc) is 3.19. The van der Waals surface area contributed by atoms with Gasteiger partial charge < -0.3 is 9.32 Å². The minimum Gasteiger partial charge on any atom is -0.415 e. The number of alkyl halides is 2. The van der Waals surface area contributed by atoms with E-state index in [1.165, 1.54) is 23.2 Å². The van der Waals surface area contributed by atoms with Crippen molar-refractivity contribution >= 4 is 5.91 Å². The lowest BCUT2D eigenvalue weighted by atomic mass is 9.81. The number of aromatic nitrogens is 3. The second-order valence-corrected chi connectivity index (χ2v) is 6.91. The second-order valence-electron chi connectivity index (χ2n) is 6.91. The number of carbonyl (C=O) groups excluding carboxylic acids is 1. The Kier molecular flexibility index (Phi) is 4.36. The van der Waals surface area contributed by atoms with Crippen LogP contribution in [0.15, 0.2) is 34.9 Å². The SMILES string of the molecule is CN1C(=O)c2cc(-c3nnc(C(F)F)o3)cnc2CC1(C)c1ccc(F)c(F)c1. The van der Waals surface area contributed by atoms with E-state index < -0.39 is 35.4 Å². The number of carbonyl (C=O) groups is 1. The summed E-state index contributed by atoms with van der Waals surface area (Å²) in [5, 5.41) is 6.82. The van der Waals surface area contributed by atoms with Crippen LogP contribution in [0, 0.1) is 11.6 Å². The van der Waals surface area contributed by atoms with E-state index in [4.69, 9.17) is 4.42 Å². The molecule has 1 aromatic carbocycles. The molecule has 2 aromatic heterocycles. The van der Waals surface area contributed by atoms with E-state index in [2.05, 4.69) is 15.2 Å². The van der Waals surface area contributed by atoms with Crippen molar-refractivity contribution in [3.63, 3.8) is 0 Å². The van der Waals surface area contributed by atoms with E-state index in [1.54, 1.807) is 14.0 Å². The topological polar surface area (TPSA) is 72.1 Å². The van der Waals surface area contributed by atoms with Crippen molar-refractivity contribution < 1.29 is 26.8 Å². The fourth-order valence-corrected chi connectivity index (χ4v) is 3.35. The van der Waals surface area contributed by atoms with Gasteiger partial charge in [-0.05, 0) is 30.7 Å². The van der Waals surface area contributed by atoms with Gasteiger partial charge in [-0.25, -0.2) is 8.78 Å². The molecule has 1 amide bonds. The predicted molar refractivity (Wildman–Crippen MR) is 92.0 cm³/mol. The summed E-state index contributed by atoms with van der Waals surface area (Å²) < 4.78 is 57.3. The molecule has 0 saturated carbocycles. The maximum atomic E-state index is 13.8. The van der Waals surface area contributed by atoms with Crippen molar-refractivity contribution in [3.8, 4) is 11.5 Å². The van der Waals surface area contributed by atoms with Gasteiger partial charge in [-0.15, -0.1) is 10.2 Å². The number of amides is 1. The molecule has 29 heavy (non-hydrogen) atoms. The van der Waals surface area contributed by atoms with Crippen LogP contribution in [-0.4, -0.2) is 33.0 Å². The zero-order valence-corrected chi connectivity index (χ0v) is 15.3. The zero-order chi connectivity index (χ0) is 20.9. The molecule has 3 aromatic rings. The molecule has 1 unspecified atom stereocenters. The summed E-state index contributed by atoms with van der Waals surface area (Å²) in [5.41, 5.74) is 0.351. The summed E-state index contributed by atoms with van der Waals surface area (Å²) >= 11 is 0. The van der Waals surface area contributed by atoms with Gasteiger partial charge in [-0.3, -0.25) is 9.78 Å². The lowest BCUT2D eigenvalue weighted by Gasteiger charge is -2.43. The van der Waals surface area contributed by atoms with Gasteiger partial charge in [-0.1, -0.05) is 6.07 Å². The summed E-state index contributed by atoms with van der Waals surface area (Å²) in [6, 6.07) is 4.93. The van der Waals surface area contributed by atoms with Crippen LogP contribution in [0.1, 0.15) is 40.9 Å². The number of pyridine rings is 1. The number of halogens is 4. The van der Waals surface area contributed by atoms with E-state index in [0.717, 1.165) is 12.1 Å². The summed E-state index contributed by atoms with van der Waals surface area (Å²) in [4.78, 5) is 18.7. The third-order valence-electron chi connectivity index (χ3n) is 5.17. The van der Waals surface area contributed by atoms with Gasteiger partial charge in [0.15, 0.2) is 11.6 Å². The first kappa shape index (κ1) is 19.0. The van der Waals surface area contributed by atoms with Gasteiger partial charge in [0, 0.05) is 19.7 Å². The average molecular weight is 406 g/mol. The molecule has 4 rings (SSSR count). The quantitative estimate of drug-likeness (QED) is 0.617. The summed E-state index contributed by atoms with van der Waals surface area (Å²) in [7, 11) is 1.54. The van der Waals surface area contributed by atoms with Crippen molar-refractivity contribution in [2.24, 2.45) is 0 Å². The molecule has 0 saturated heterocycles. The molecule has 0 spiro atoms. The minimum absolute atomic E-state index is 0.181. The van der Waals surface area contributed by atoms with Gasteiger partial charge in [-0.2, -0.15) is 8.78 Å². The number of likely N-dealkylation sites (N-methyl/N-ethyl adjacent to an activating group) is 1. The zero-order valence-electron chi connectivity index (χ0n) is 15.3. The van der Waals surface area contributed by atoms with E-state index in [9.17, 15) is 22.4 Å². The van der Waals surface area contributed by atoms with Gasteiger partial charge >= 0.3 is 6.43 Å². The Labute approximate surface area is 162 Å². The maximum Gasteiger partial charge on any atom is 0.314 e. The van der Waals surface area contributed by atoms with Crippen LogP contribution >= 0.6 is 0 Å². The Balaban J connectivity index is 1.74. The summed E-state index contributed by atoms with van der Waals surface area (Å²) in [6.07, 6.45) is -1.33. The van der Waals surface area contributed by atoms with Crippen LogP contribution in [0.4, 0.5) is 17.6 Å². The Morgan fingerprint density at radius 1 is 1.17 bits per heavy atom. The predicted octanol–water partition coefficient (Wildman–Crippen LogP) is 3.89. The lowest BCUT2D eigenvalue weighted by molar-refractivity contribution is 0.0541. The van der Waals surface area contributed by atoms with Crippen LogP contribution in [0.25, 0.3) is 11.5 Å². The molecule has 0 bridgehead atoms. The van der Waals surface area contributed by atoms with Crippen molar-refractivity contribution in [2.45, 2.75) is 25.3 Å². The maximum absolute atomic E-state index is 13.8. The number of benzene rings is 1. The van der Waals surface area contributed by atoms with Crippen LogP contribution in [0.5, 0.6) is 0 Å². The van der Waals surface area contributed by atoms with Crippen molar-refractivity contribution in [1.29, 1.82) is 0 Å². The number of hydrogen-bond donors (Lipinski definition) is 0. The highest BCUT2D eigenvalue weighted by Crippen LogP contribution is 2.38. The largest absolute Gasteiger partial charge is 0.415 e. The molecule has 0 aliphatic carbocycles. The standard InChI is InChI=1S/C19H14F4N4O2/c1-19(10-3-4-12(20)13(21)6-10)7-14-11(18(28)27(19)2)5-9(8-24-14)16-25-26-17(29-16)15(22)23/h3-6,8,15H,7H2,1-2H3. The minimum atomic E-state index is -2.91. The van der Waals surface area contributed by atoms with E-state index in [0.29, 0.717) is 11.3 Å². The van der Waals surface area contributed by atoms with Crippen molar-refractivity contribution in [3.05, 3.63) is 64.8 Å². The number of rotatable bonds is 3. The van der Waals surface area contributed by atoms with E-state index >= 15 is 0 Å². The van der Waals surface area contributed by atoms with Crippen molar-refractivity contribution in [1.82, 2.24) is 20.1 Å². The number of fused-ring (bicyclic) bond motifs is 1. The van der Waals surface area contributed by atoms with Crippen LogP contribution in [0.3, 0.4) is 0 Å². The molecule has 1 atom stereocenters. The first-order valence-electron chi connectivity index (χ1n) is 8.55. The van der Waals surface area contributed by atoms with Crippen molar-refractivity contribution in [2.75, 3.05) is 7.05 Å². The molecule has 6 nitrogen and oxygen atoms in total. The summed E-state index contributed by atoms with van der Waals surface area (Å²) in [5.74, 6) is -3.41. The highest BCUT2D eigenvalue weighted by Gasteiger charge is 2.42. The van der Waals surface area contributed by atoms with Crippen LogP contribution < -0.4 is 0 Å². The summed E-state index contributed by atoms with van der Waals surface area (Å²) in [6.45, 7) is 1.73. The Morgan fingerprint density at radius 3 is 2.59 bits per heavy atom. The Morgan fingerprint density at radius 2 is 1.93 bits per heavy atom. The van der Waals surface area contributed by atoms with Gasteiger partial charge in [0.05, 0.1) is 22.4 Å². The highest BCUT2D eigenvalue weighted by molar-refractivity contribution is 5.97. The smallest absolute Gasteiger partial charge is 0.314 e. The molecule has 1 aliphatic heterocycles. The Bertz CT molecular complexity index is 1120. The van der Waals surface area contributed by atoms with Gasteiger partial charge in [0.1, 0.15) is 0 Å². The first-order valence-corrected chi connectivity index (χ1v) is 8.55. The Hall–Kier alpha value is -3.30. The molecular formula is C19H14F4N4O2. The third kappa shape index (κ3) is 3.04. The van der Waals surface area contributed by atoms with E-state index in [1.807, 2.05) is 0 Å². The highest BCUT2D eigenvalue weighted by atomic mass is 19.3. The number of hydrogen-bond acceptors (Lipinski definition) is 5. The normalized spacial score (nSPS) is 19.0. The molecule has 1 aliphatic rings. The van der Waals surface area contributed by atoms with E-state index in [-0.39, 0.29) is 23.4 Å². The lowest BCUT2D eigenvalue weighted by Crippen LogP contribution is -2.50. The van der Waals surface area contributed by atoms with Gasteiger partial charge in [0.25, 0.3) is 11.8 Å². The number of nitrogens with zero attached hydrogens (tertiary/aromatic N) is 4. The molecule has 0 radical (unpaired) electrons. The second kappa shape index (κ2) is 6.64. The van der Waals surface area contributed by atoms with Crippen LogP contribution in [0.2, 0.25) is 0 Å². The fraction of sp³-hybridized carbons (Fsp3) is 0.263. The fourth-order valence-electron chi connectivity index (χ4n) is 3.35. The van der Waals surface area contributed by atoms with Crippen LogP contribution in [-0.2, 0) is 12.0 Å². The molecular weight excluding hydrogens is 392 g/mol. The molecule has 10 heteroatoms. The first-order chi connectivity index (χ1) is 13.7. The molecule has 150 valence electrons. The molecule has 0 N–H and O–H groups in total. The monoisotopic (exact) mass is 406 g/mol. The molecule has 0 fully saturated rings. The van der Waals surface area contributed by atoms with Gasteiger partial charge in [0.2, 0.25) is 5.89 Å². The third-order valence-corrected chi connectivity index (χ3v) is 5.17. The molecule has 3 heterocycles.